The van der Waals surface area contributed by atoms with Crippen molar-refractivity contribution < 1.29 is 0 Å². The van der Waals surface area contributed by atoms with Gasteiger partial charge in [-0.05, 0) is 6.07 Å². The minimum Gasteiger partial charge on any atom is -0.384 e. The second kappa shape index (κ2) is 3.48. The normalized spacial score (nSPS) is 14.9. The van der Waals surface area contributed by atoms with Gasteiger partial charge in [-0.2, -0.15) is 0 Å². The lowest BCUT2D eigenvalue weighted by Gasteiger charge is -2.28. The molecule has 0 spiro atoms. The van der Waals surface area contributed by atoms with Crippen LogP contribution in [-0.2, 0) is 13.1 Å². The predicted octanol–water partition coefficient (Wildman–Crippen LogP) is 0.275. The number of nitrogen functional groups attached to an aromatic ring is 1. The maximum Gasteiger partial charge on any atom is 0.152 e. The van der Waals surface area contributed by atoms with E-state index < -0.39 is 0 Å². The lowest BCUT2D eigenvalue weighted by molar-refractivity contribution is 0.560. The molecule has 2 N–H and O–H groups in total. The predicted molar refractivity (Wildman–Crippen MR) is 59.7 cm³/mol. The molecule has 0 unspecified atom stereocenters. The molecule has 2 aromatic rings. The lowest BCUT2D eigenvalue weighted by Crippen LogP contribution is -2.33. The van der Waals surface area contributed by atoms with Gasteiger partial charge >= 0.3 is 0 Å². The van der Waals surface area contributed by atoms with E-state index in [1.54, 1.807) is 12.5 Å². The highest BCUT2D eigenvalue weighted by atomic mass is 15.3. The summed E-state index contributed by atoms with van der Waals surface area (Å²) in [4.78, 5) is 6.21. The van der Waals surface area contributed by atoms with Crippen LogP contribution in [0.2, 0.25) is 0 Å². The number of fused-ring (bicyclic) bond motifs is 1. The van der Waals surface area contributed by atoms with Gasteiger partial charge in [-0.3, -0.25) is 0 Å². The van der Waals surface area contributed by atoms with Crippen molar-refractivity contribution in [3.8, 4) is 0 Å². The molecule has 3 rings (SSSR count). The number of aromatic nitrogens is 4. The summed E-state index contributed by atoms with van der Waals surface area (Å²) in [7, 11) is 0. The average Bonchev–Trinajstić information content (AvgIpc) is 2.75. The first-order valence-electron chi connectivity index (χ1n) is 5.16. The zero-order valence-electron chi connectivity index (χ0n) is 8.74. The molecule has 1 aliphatic heterocycles. The van der Waals surface area contributed by atoms with Gasteiger partial charge in [-0.25, -0.2) is 4.98 Å². The molecule has 82 valence electrons. The Morgan fingerprint density at radius 2 is 2.25 bits per heavy atom. The van der Waals surface area contributed by atoms with E-state index in [1.165, 1.54) is 0 Å². The molecule has 6 heteroatoms. The number of nitrogens with two attached hydrogens (primary N) is 1. The zero-order chi connectivity index (χ0) is 11.0. The van der Waals surface area contributed by atoms with Crippen molar-refractivity contribution in [2.45, 2.75) is 13.1 Å². The number of anilines is 2. The minimum absolute atomic E-state index is 0.546. The van der Waals surface area contributed by atoms with E-state index in [9.17, 15) is 0 Å². The standard InChI is InChI=1S/C10H12N6/c11-9-5-8(1-2-12-9)15-3-4-16-7-13-14-10(16)6-15/h1-2,5,7H,3-4,6H2,(H2,11,12). The van der Waals surface area contributed by atoms with Crippen molar-refractivity contribution in [3.05, 3.63) is 30.5 Å². The van der Waals surface area contributed by atoms with E-state index >= 15 is 0 Å². The number of rotatable bonds is 1. The van der Waals surface area contributed by atoms with Crippen molar-refractivity contribution in [1.29, 1.82) is 0 Å². The van der Waals surface area contributed by atoms with E-state index in [2.05, 4.69) is 24.6 Å². The summed E-state index contributed by atoms with van der Waals surface area (Å²) in [5, 5.41) is 7.98. The van der Waals surface area contributed by atoms with Gasteiger partial charge in [0.15, 0.2) is 5.82 Å². The van der Waals surface area contributed by atoms with E-state index in [0.29, 0.717) is 5.82 Å². The van der Waals surface area contributed by atoms with Crippen molar-refractivity contribution >= 4 is 11.5 Å². The molecule has 1 aliphatic rings. The van der Waals surface area contributed by atoms with Crippen LogP contribution in [0, 0.1) is 0 Å². The summed E-state index contributed by atoms with van der Waals surface area (Å²) >= 11 is 0. The van der Waals surface area contributed by atoms with Gasteiger partial charge in [-0.1, -0.05) is 0 Å². The Kier molecular flexibility index (Phi) is 1.99. The summed E-state index contributed by atoms with van der Waals surface area (Å²) in [6.45, 7) is 2.61. The van der Waals surface area contributed by atoms with Crippen LogP contribution in [0.15, 0.2) is 24.7 Å². The smallest absolute Gasteiger partial charge is 0.152 e. The third kappa shape index (κ3) is 1.48. The molecular formula is C10H12N6. The van der Waals surface area contributed by atoms with Crippen LogP contribution in [0.5, 0.6) is 0 Å². The largest absolute Gasteiger partial charge is 0.384 e. The third-order valence-corrected chi connectivity index (χ3v) is 2.77. The summed E-state index contributed by atoms with van der Waals surface area (Å²) < 4.78 is 2.07. The Morgan fingerprint density at radius 1 is 1.31 bits per heavy atom. The molecule has 16 heavy (non-hydrogen) atoms. The van der Waals surface area contributed by atoms with Crippen LogP contribution >= 0.6 is 0 Å². The summed E-state index contributed by atoms with van der Waals surface area (Å²) in [5.41, 5.74) is 6.75. The Morgan fingerprint density at radius 3 is 3.12 bits per heavy atom. The first kappa shape index (κ1) is 9.14. The topological polar surface area (TPSA) is 72.9 Å². The van der Waals surface area contributed by atoms with Gasteiger partial charge in [0.2, 0.25) is 0 Å². The molecule has 0 amide bonds. The Labute approximate surface area is 92.7 Å². The Balaban J connectivity index is 1.88. The number of pyridine rings is 1. The molecule has 0 bridgehead atoms. The Bertz CT molecular complexity index is 506. The minimum atomic E-state index is 0.546. The molecule has 2 aromatic heterocycles. The van der Waals surface area contributed by atoms with Crippen LogP contribution < -0.4 is 10.6 Å². The molecule has 0 saturated heterocycles. The Hall–Kier alpha value is -2.11. The fourth-order valence-electron chi connectivity index (χ4n) is 1.92. The number of nitrogens with zero attached hydrogens (tertiary/aromatic N) is 5. The fourth-order valence-corrected chi connectivity index (χ4v) is 1.92. The highest BCUT2D eigenvalue weighted by Crippen LogP contribution is 2.20. The van der Waals surface area contributed by atoms with Gasteiger partial charge in [0.25, 0.3) is 0 Å². The van der Waals surface area contributed by atoms with Crippen molar-refractivity contribution in [1.82, 2.24) is 19.7 Å². The fraction of sp³-hybridized carbons (Fsp3) is 0.300. The summed E-state index contributed by atoms with van der Waals surface area (Å²) in [5.74, 6) is 1.53. The van der Waals surface area contributed by atoms with E-state index in [-0.39, 0.29) is 0 Å². The highest BCUT2D eigenvalue weighted by molar-refractivity contribution is 5.52. The molecule has 3 heterocycles. The highest BCUT2D eigenvalue weighted by Gasteiger charge is 2.17. The van der Waals surface area contributed by atoms with Crippen LogP contribution in [-0.4, -0.2) is 26.3 Å². The zero-order valence-corrected chi connectivity index (χ0v) is 8.74. The molecule has 0 aromatic carbocycles. The number of hydrogen-bond acceptors (Lipinski definition) is 5. The van der Waals surface area contributed by atoms with E-state index in [1.807, 2.05) is 12.1 Å². The molecule has 6 nitrogen and oxygen atoms in total. The molecule has 0 fully saturated rings. The molecular weight excluding hydrogens is 204 g/mol. The lowest BCUT2D eigenvalue weighted by atomic mass is 10.3. The van der Waals surface area contributed by atoms with Gasteiger partial charge < -0.3 is 15.2 Å². The second-order valence-electron chi connectivity index (χ2n) is 3.80. The summed E-state index contributed by atoms with van der Waals surface area (Å²) in [6, 6.07) is 3.84. The van der Waals surface area contributed by atoms with Gasteiger partial charge in [-0.15, -0.1) is 10.2 Å². The molecule has 0 saturated carbocycles. The third-order valence-electron chi connectivity index (χ3n) is 2.77. The van der Waals surface area contributed by atoms with Crippen LogP contribution in [0.3, 0.4) is 0 Å². The van der Waals surface area contributed by atoms with Crippen LogP contribution in [0.4, 0.5) is 11.5 Å². The molecule has 0 radical (unpaired) electrons. The van der Waals surface area contributed by atoms with Crippen molar-refractivity contribution in [3.63, 3.8) is 0 Å². The maximum absolute atomic E-state index is 5.67. The van der Waals surface area contributed by atoms with Crippen molar-refractivity contribution in [2.24, 2.45) is 0 Å². The molecule has 0 aliphatic carbocycles. The van der Waals surface area contributed by atoms with Crippen molar-refractivity contribution in [2.75, 3.05) is 17.2 Å². The quantitative estimate of drug-likeness (QED) is 0.741. The van der Waals surface area contributed by atoms with E-state index in [4.69, 9.17) is 5.73 Å². The maximum atomic E-state index is 5.67. The first-order valence-corrected chi connectivity index (χ1v) is 5.16. The van der Waals surface area contributed by atoms with E-state index in [0.717, 1.165) is 31.1 Å². The first-order chi connectivity index (χ1) is 7.83. The van der Waals surface area contributed by atoms with Gasteiger partial charge in [0, 0.05) is 31.0 Å². The van der Waals surface area contributed by atoms with Gasteiger partial charge in [0.05, 0.1) is 6.54 Å². The SMILES string of the molecule is Nc1cc(N2CCn3cnnc3C2)ccn1. The second-order valence-corrected chi connectivity index (χ2v) is 3.80. The average molecular weight is 216 g/mol. The summed E-state index contributed by atoms with van der Waals surface area (Å²) in [6.07, 6.45) is 3.50. The van der Waals surface area contributed by atoms with Crippen LogP contribution in [0.25, 0.3) is 0 Å². The molecule has 0 atom stereocenters. The monoisotopic (exact) mass is 216 g/mol. The number of hydrogen-bond donors (Lipinski definition) is 1. The van der Waals surface area contributed by atoms with Gasteiger partial charge in [0.1, 0.15) is 12.1 Å². The van der Waals surface area contributed by atoms with Crippen LogP contribution in [0.1, 0.15) is 5.82 Å².